The standard InChI is InChI=1S/C18H22N2O/c1-3-18(4-2,11-19)20-17(21)16-14-10-9-12-7-5-6-8-13(12)15(14)16/h5-8,14-16H,3-4,9-10H2,1-2H3,(H,20,21). The van der Waals surface area contributed by atoms with Crippen molar-refractivity contribution in [1.82, 2.24) is 5.32 Å². The van der Waals surface area contributed by atoms with Gasteiger partial charge < -0.3 is 5.32 Å². The van der Waals surface area contributed by atoms with Crippen LogP contribution >= 0.6 is 0 Å². The van der Waals surface area contributed by atoms with Crippen molar-refractivity contribution in [3.63, 3.8) is 0 Å². The van der Waals surface area contributed by atoms with Crippen molar-refractivity contribution in [2.75, 3.05) is 0 Å². The molecule has 0 heterocycles. The molecule has 3 atom stereocenters. The number of hydrogen-bond acceptors (Lipinski definition) is 2. The maximum absolute atomic E-state index is 12.6. The van der Waals surface area contributed by atoms with Crippen molar-refractivity contribution < 1.29 is 4.79 Å². The molecule has 2 aliphatic carbocycles. The lowest BCUT2D eigenvalue weighted by Gasteiger charge is -2.25. The first-order valence-corrected chi connectivity index (χ1v) is 7.97. The number of nitriles is 1. The number of hydrogen-bond donors (Lipinski definition) is 1. The van der Waals surface area contributed by atoms with E-state index in [-0.39, 0.29) is 11.8 Å². The molecule has 1 N–H and O–H groups in total. The van der Waals surface area contributed by atoms with Gasteiger partial charge in [-0.25, -0.2) is 0 Å². The van der Waals surface area contributed by atoms with E-state index in [2.05, 4.69) is 35.7 Å². The summed E-state index contributed by atoms with van der Waals surface area (Å²) in [5.74, 6) is 0.997. The van der Waals surface area contributed by atoms with Crippen LogP contribution in [0.1, 0.15) is 50.2 Å². The lowest BCUT2D eigenvalue weighted by molar-refractivity contribution is -0.124. The number of nitrogens with zero attached hydrogens (tertiary/aromatic N) is 1. The Balaban J connectivity index is 1.76. The lowest BCUT2D eigenvalue weighted by atomic mass is 9.92. The quantitative estimate of drug-likeness (QED) is 0.922. The van der Waals surface area contributed by atoms with Gasteiger partial charge in [0.25, 0.3) is 0 Å². The summed E-state index contributed by atoms with van der Waals surface area (Å²) in [5.41, 5.74) is 2.05. The molecule has 0 aromatic heterocycles. The molecule has 3 heteroatoms. The minimum atomic E-state index is -0.692. The van der Waals surface area contributed by atoms with Crippen molar-refractivity contribution in [2.24, 2.45) is 11.8 Å². The van der Waals surface area contributed by atoms with Crippen LogP contribution in [-0.2, 0) is 11.2 Å². The summed E-state index contributed by atoms with van der Waals surface area (Å²) in [6, 6.07) is 10.8. The first kappa shape index (κ1) is 14.1. The van der Waals surface area contributed by atoms with E-state index >= 15 is 0 Å². The van der Waals surface area contributed by atoms with Gasteiger partial charge in [0, 0.05) is 5.92 Å². The van der Waals surface area contributed by atoms with Crippen LogP contribution < -0.4 is 5.32 Å². The highest BCUT2D eigenvalue weighted by Crippen LogP contribution is 2.59. The molecule has 0 aliphatic heterocycles. The summed E-state index contributed by atoms with van der Waals surface area (Å²) in [7, 11) is 0. The number of nitrogens with one attached hydrogen (secondary N) is 1. The maximum atomic E-state index is 12.6. The molecule has 0 radical (unpaired) electrons. The Morgan fingerprint density at radius 3 is 2.76 bits per heavy atom. The average Bonchev–Trinajstić information content (AvgIpc) is 3.28. The average molecular weight is 282 g/mol. The Hall–Kier alpha value is -1.82. The molecule has 0 saturated heterocycles. The highest BCUT2D eigenvalue weighted by Gasteiger charge is 2.57. The minimum absolute atomic E-state index is 0.0690. The minimum Gasteiger partial charge on any atom is -0.338 e. The van der Waals surface area contributed by atoms with Crippen LogP contribution in [0.15, 0.2) is 24.3 Å². The zero-order valence-electron chi connectivity index (χ0n) is 12.7. The van der Waals surface area contributed by atoms with Crippen molar-refractivity contribution in [2.45, 2.75) is 51.0 Å². The van der Waals surface area contributed by atoms with Gasteiger partial charge in [0.2, 0.25) is 5.91 Å². The molecule has 3 rings (SSSR count). The highest BCUT2D eigenvalue weighted by molar-refractivity contribution is 5.85. The summed E-state index contributed by atoms with van der Waals surface area (Å²) >= 11 is 0. The fraction of sp³-hybridized carbons (Fsp3) is 0.556. The molecule has 3 unspecified atom stereocenters. The topological polar surface area (TPSA) is 52.9 Å². The number of carbonyl (C=O) groups is 1. The first-order valence-electron chi connectivity index (χ1n) is 7.97. The Morgan fingerprint density at radius 1 is 1.38 bits per heavy atom. The van der Waals surface area contributed by atoms with Gasteiger partial charge in [-0.05, 0) is 48.6 Å². The third-order valence-corrected chi connectivity index (χ3v) is 5.42. The predicted molar refractivity (Wildman–Crippen MR) is 81.6 cm³/mol. The Morgan fingerprint density at radius 2 is 2.10 bits per heavy atom. The molecular weight excluding hydrogens is 260 g/mol. The molecule has 1 saturated carbocycles. The van der Waals surface area contributed by atoms with E-state index in [1.807, 2.05) is 13.8 Å². The smallest absolute Gasteiger partial charge is 0.225 e. The maximum Gasteiger partial charge on any atom is 0.225 e. The van der Waals surface area contributed by atoms with E-state index < -0.39 is 5.54 Å². The van der Waals surface area contributed by atoms with E-state index in [0.717, 1.165) is 12.8 Å². The zero-order chi connectivity index (χ0) is 15.0. The second kappa shape index (κ2) is 5.18. The number of amides is 1. The van der Waals surface area contributed by atoms with E-state index in [1.54, 1.807) is 0 Å². The van der Waals surface area contributed by atoms with Crippen LogP contribution in [0.2, 0.25) is 0 Å². The summed E-state index contributed by atoms with van der Waals surface area (Å²) < 4.78 is 0. The molecule has 3 nitrogen and oxygen atoms in total. The van der Waals surface area contributed by atoms with E-state index in [1.165, 1.54) is 11.1 Å². The van der Waals surface area contributed by atoms with E-state index in [4.69, 9.17) is 0 Å². The predicted octanol–water partition coefficient (Wildman–Crippen LogP) is 3.16. The lowest BCUT2D eigenvalue weighted by Crippen LogP contribution is -2.47. The molecule has 1 aromatic carbocycles. The number of fused-ring (bicyclic) bond motifs is 3. The summed E-state index contributed by atoms with van der Waals surface area (Å²) in [5, 5.41) is 12.4. The fourth-order valence-electron chi connectivity index (χ4n) is 3.86. The van der Waals surface area contributed by atoms with Gasteiger partial charge in [0.15, 0.2) is 0 Å². The number of rotatable bonds is 4. The molecule has 1 amide bonds. The van der Waals surface area contributed by atoms with Crippen LogP contribution in [0, 0.1) is 23.2 Å². The van der Waals surface area contributed by atoms with Crippen LogP contribution in [0.25, 0.3) is 0 Å². The Labute approximate surface area is 126 Å². The van der Waals surface area contributed by atoms with Gasteiger partial charge in [-0.2, -0.15) is 5.26 Å². The van der Waals surface area contributed by atoms with Gasteiger partial charge in [-0.3, -0.25) is 4.79 Å². The Kier molecular flexibility index (Phi) is 3.49. The number of aryl methyl sites for hydroxylation is 1. The second-order valence-electron chi connectivity index (χ2n) is 6.34. The molecule has 0 bridgehead atoms. The molecule has 1 fully saturated rings. The van der Waals surface area contributed by atoms with Crippen molar-refractivity contribution in [3.05, 3.63) is 35.4 Å². The molecule has 0 spiro atoms. The third kappa shape index (κ3) is 2.23. The monoisotopic (exact) mass is 282 g/mol. The van der Waals surface area contributed by atoms with E-state index in [9.17, 15) is 10.1 Å². The van der Waals surface area contributed by atoms with Crippen LogP contribution in [0.3, 0.4) is 0 Å². The van der Waals surface area contributed by atoms with Crippen LogP contribution in [0.5, 0.6) is 0 Å². The van der Waals surface area contributed by atoms with Crippen LogP contribution in [0.4, 0.5) is 0 Å². The molecule has 1 aromatic rings. The number of carbonyl (C=O) groups excluding carboxylic acids is 1. The van der Waals surface area contributed by atoms with Crippen molar-refractivity contribution in [3.8, 4) is 6.07 Å². The SMILES string of the molecule is CCC(C#N)(CC)NC(=O)C1C2CCc3ccccc3C21. The molecular formula is C18H22N2O. The first-order chi connectivity index (χ1) is 10.2. The molecule has 2 aliphatic rings. The summed E-state index contributed by atoms with van der Waals surface area (Å²) in [6.07, 6.45) is 3.48. The van der Waals surface area contributed by atoms with Crippen molar-refractivity contribution >= 4 is 5.91 Å². The third-order valence-electron chi connectivity index (χ3n) is 5.42. The Bertz CT molecular complexity index is 597. The van der Waals surface area contributed by atoms with E-state index in [0.29, 0.717) is 24.7 Å². The van der Waals surface area contributed by atoms with Gasteiger partial charge >= 0.3 is 0 Å². The normalized spacial score (nSPS) is 26.2. The zero-order valence-corrected chi connectivity index (χ0v) is 12.7. The van der Waals surface area contributed by atoms with Gasteiger partial charge in [0.05, 0.1) is 6.07 Å². The summed E-state index contributed by atoms with van der Waals surface area (Å²) in [4.78, 5) is 12.6. The van der Waals surface area contributed by atoms with Gasteiger partial charge in [-0.1, -0.05) is 38.1 Å². The summed E-state index contributed by atoms with van der Waals surface area (Å²) in [6.45, 7) is 3.92. The van der Waals surface area contributed by atoms with Gasteiger partial charge in [0.1, 0.15) is 5.54 Å². The van der Waals surface area contributed by atoms with Gasteiger partial charge in [-0.15, -0.1) is 0 Å². The number of benzene rings is 1. The highest BCUT2D eigenvalue weighted by atomic mass is 16.2. The largest absolute Gasteiger partial charge is 0.338 e. The second-order valence-corrected chi connectivity index (χ2v) is 6.34. The van der Waals surface area contributed by atoms with Crippen molar-refractivity contribution in [1.29, 1.82) is 5.26 Å². The molecule has 110 valence electrons. The fourth-order valence-corrected chi connectivity index (χ4v) is 3.86. The van der Waals surface area contributed by atoms with Crippen LogP contribution in [-0.4, -0.2) is 11.4 Å². The molecule has 21 heavy (non-hydrogen) atoms.